The van der Waals surface area contributed by atoms with Gasteiger partial charge in [-0.25, -0.2) is 0 Å². The Labute approximate surface area is 201 Å². The van der Waals surface area contributed by atoms with Gasteiger partial charge in [-0.3, -0.25) is 19.4 Å². The van der Waals surface area contributed by atoms with Crippen LogP contribution in [0.3, 0.4) is 0 Å². The largest absolute Gasteiger partial charge is 0.743 e. The van der Waals surface area contributed by atoms with Gasteiger partial charge in [-0.2, -0.15) is 5.34 Å². The van der Waals surface area contributed by atoms with E-state index in [9.17, 15) is 14.8 Å². The Morgan fingerprint density at radius 2 is 1.84 bits per heavy atom. The lowest BCUT2D eigenvalue weighted by molar-refractivity contribution is -0.130. The van der Waals surface area contributed by atoms with Crippen LogP contribution in [0, 0.1) is 8.78 Å². The summed E-state index contributed by atoms with van der Waals surface area (Å²) in [4.78, 5) is 31.2. The first-order valence-corrected chi connectivity index (χ1v) is 11.8. The third kappa shape index (κ3) is 5.58. The number of benzene rings is 2. The summed E-state index contributed by atoms with van der Waals surface area (Å²) in [5.41, 5.74) is 4.12. The van der Waals surface area contributed by atoms with E-state index in [1.807, 2.05) is 47.4 Å². The summed E-state index contributed by atoms with van der Waals surface area (Å²) in [5, 5.41) is 16.9. The van der Waals surface area contributed by atoms with Crippen LogP contribution in [0.15, 0.2) is 42.5 Å². The summed E-state index contributed by atoms with van der Waals surface area (Å²) in [5.74, 6) is -0.0191. The summed E-state index contributed by atoms with van der Waals surface area (Å²) in [6.45, 7) is 3.43. The highest BCUT2D eigenvalue weighted by Gasteiger charge is 2.27. The molecule has 4 rings (SSSR count). The van der Waals surface area contributed by atoms with Crippen LogP contribution in [0.5, 0.6) is 0 Å². The van der Waals surface area contributed by atoms with Gasteiger partial charge >= 0.3 is 0 Å². The molecule has 0 bridgehead atoms. The lowest BCUT2D eigenvalue weighted by atomic mass is 10.0. The number of halogens is 1. The fourth-order valence-corrected chi connectivity index (χ4v) is 4.41. The molecule has 1 fully saturated rings. The molecule has 32 heavy (non-hydrogen) atoms. The van der Waals surface area contributed by atoms with Crippen molar-refractivity contribution in [2.45, 2.75) is 32.3 Å². The van der Waals surface area contributed by atoms with Gasteiger partial charge in [0.2, 0.25) is 11.8 Å². The Balaban J connectivity index is 1.39. The quantitative estimate of drug-likeness (QED) is 0.577. The molecule has 0 radical (unpaired) electrons. The van der Waals surface area contributed by atoms with Crippen LogP contribution in [0.25, 0.3) is 0 Å². The zero-order valence-corrected chi connectivity index (χ0v) is 20.1. The minimum absolute atomic E-state index is 0.138. The molecule has 2 aliphatic rings. The Morgan fingerprint density at radius 3 is 2.56 bits per heavy atom. The average Bonchev–Trinajstić information content (AvgIpc) is 3.01. The van der Waals surface area contributed by atoms with Gasteiger partial charge < -0.3 is 15.4 Å². The normalized spacial score (nSPS) is 18.9. The number of hydrogen-bond donors (Lipinski definition) is 1. The highest BCUT2D eigenvalue weighted by molar-refractivity contribution is 14.1. The lowest BCUT2D eigenvalue weighted by Gasteiger charge is -2.32. The summed E-state index contributed by atoms with van der Waals surface area (Å²) >= 11 is 2.26. The minimum Gasteiger partial charge on any atom is -0.743 e. The van der Waals surface area contributed by atoms with E-state index in [1.165, 1.54) is 17.5 Å². The van der Waals surface area contributed by atoms with Crippen LogP contribution in [0.1, 0.15) is 23.6 Å². The molecule has 1 saturated heterocycles. The molecule has 2 heterocycles. The van der Waals surface area contributed by atoms with Gasteiger partial charge in [0.15, 0.2) is 0 Å². The molecule has 8 nitrogen and oxygen atoms in total. The van der Waals surface area contributed by atoms with Crippen molar-refractivity contribution in [1.29, 1.82) is 0 Å². The SMILES string of the molecule is CC(=O)NC[C@H]1CN(c2ccc3c(c2)CCN(C(=O)Cc2ccc(I)cc2)CC3)N([O-])O1. The van der Waals surface area contributed by atoms with Crippen molar-refractivity contribution in [3.63, 3.8) is 0 Å². The zero-order chi connectivity index (χ0) is 22.7. The summed E-state index contributed by atoms with van der Waals surface area (Å²) in [7, 11) is 0. The van der Waals surface area contributed by atoms with Crippen LogP contribution >= 0.6 is 22.6 Å². The van der Waals surface area contributed by atoms with Crippen molar-refractivity contribution >= 4 is 40.1 Å². The van der Waals surface area contributed by atoms with Crippen LogP contribution in [0.4, 0.5) is 5.69 Å². The molecule has 2 aliphatic heterocycles. The molecule has 170 valence electrons. The number of carbonyl (C=O) groups excluding carboxylic acids is 2. The molecule has 0 aromatic heterocycles. The number of hydrogen-bond acceptors (Lipinski definition) is 6. The number of nitrogens with one attached hydrogen (secondary N) is 1. The van der Waals surface area contributed by atoms with Crippen molar-refractivity contribution in [1.82, 2.24) is 15.6 Å². The first kappa shape index (κ1) is 23.0. The van der Waals surface area contributed by atoms with E-state index >= 15 is 0 Å². The van der Waals surface area contributed by atoms with Crippen molar-refractivity contribution < 1.29 is 14.4 Å². The van der Waals surface area contributed by atoms with Crippen LogP contribution in [-0.2, 0) is 33.7 Å². The molecule has 2 aromatic rings. The predicted octanol–water partition coefficient (Wildman–Crippen LogP) is 2.43. The van der Waals surface area contributed by atoms with E-state index in [0.29, 0.717) is 31.4 Å². The van der Waals surface area contributed by atoms with E-state index in [2.05, 4.69) is 27.9 Å². The topological polar surface area (TPSA) is 88.2 Å². The Morgan fingerprint density at radius 1 is 1.12 bits per heavy atom. The standard InChI is InChI=1S/C23H26IN4O4/c1-16(29)25-14-22-15-27(28(31)32-22)21-7-4-18-8-10-26(11-9-19(18)13-21)23(30)12-17-2-5-20(24)6-3-17/h2-7,13,22H,8-12,14-15H2,1H3,(H,25,29)/q-1/t22-/m0/s1. The molecule has 1 atom stereocenters. The lowest BCUT2D eigenvalue weighted by Crippen LogP contribution is -2.34. The van der Waals surface area contributed by atoms with Crippen LogP contribution < -0.4 is 10.3 Å². The van der Waals surface area contributed by atoms with E-state index in [0.717, 1.165) is 33.2 Å². The smallest absolute Gasteiger partial charge is 0.227 e. The van der Waals surface area contributed by atoms with Gasteiger partial charge in [-0.05, 0) is 76.4 Å². The maximum absolute atomic E-state index is 12.8. The third-order valence-corrected chi connectivity index (χ3v) is 6.52. The Bertz CT molecular complexity index is 984. The first-order valence-electron chi connectivity index (χ1n) is 10.7. The average molecular weight is 549 g/mol. The van der Waals surface area contributed by atoms with Gasteiger partial charge in [0.25, 0.3) is 0 Å². The molecule has 2 aromatic carbocycles. The number of anilines is 1. The van der Waals surface area contributed by atoms with E-state index < -0.39 is 6.10 Å². The molecule has 0 unspecified atom stereocenters. The van der Waals surface area contributed by atoms with Gasteiger partial charge in [0.1, 0.15) is 6.10 Å². The van der Waals surface area contributed by atoms with Gasteiger partial charge in [-0.1, -0.05) is 18.2 Å². The fourth-order valence-electron chi connectivity index (χ4n) is 4.05. The third-order valence-electron chi connectivity index (χ3n) is 5.80. The second-order valence-corrected chi connectivity index (χ2v) is 9.37. The molecule has 2 amide bonds. The second-order valence-electron chi connectivity index (χ2n) is 8.12. The van der Waals surface area contributed by atoms with Gasteiger partial charge in [0, 0.05) is 30.1 Å². The number of carbonyl (C=O) groups is 2. The maximum atomic E-state index is 12.8. The van der Waals surface area contributed by atoms with E-state index in [-0.39, 0.29) is 18.4 Å². The molecule has 0 aliphatic carbocycles. The molecule has 9 heteroatoms. The number of hydrazine groups is 1. The molecule has 0 saturated carbocycles. The summed E-state index contributed by atoms with van der Waals surface area (Å²) < 4.78 is 1.15. The van der Waals surface area contributed by atoms with E-state index in [1.54, 1.807) is 0 Å². The van der Waals surface area contributed by atoms with Gasteiger partial charge in [-0.15, -0.1) is 0 Å². The highest BCUT2D eigenvalue weighted by Crippen LogP contribution is 2.27. The first-order chi connectivity index (χ1) is 15.4. The van der Waals surface area contributed by atoms with E-state index in [4.69, 9.17) is 4.84 Å². The predicted molar refractivity (Wildman–Crippen MR) is 129 cm³/mol. The highest BCUT2D eigenvalue weighted by atomic mass is 127. The number of fused-ring (bicyclic) bond motifs is 1. The van der Waals surface area contributed by atoms with Crippen molar-refractivity contribution in [3.05, 3.63) is 67.9 Å². The van der Waals surface area contributed by atoms with Gasteiger partial charge in [0.05, 0.1) is 18.7 Å². The zero-order valence-electron chi connectivity index (χ0n) is 17.9. The fraction of sp³-hybridized carbons (Fsp3) is 0.391. The van der Waals surface area contributed by atoms with Crippen LogP contribution in [-0.4, -0.2) is 54.3 Å². The van der Waals surface area contributed by atoms with Crippen molar-refractivity contribution in [2.75, 3.05) is 31.2 Å². The molecule has 0 spiro atoms. The summed E-state index contributed by atoms with van der Waals surface area (Å²) in [6.07, 6.45) is 1.54. The molecular weight excluding hydrogens is 523 g/mol. The Hall–Kier alpha value is -2.21. The molecule has 1 N–H and O–H groups in total. The summed E-state index contributed by atoms with van der Waals surface area (Å²) in [6, 6.07) is 14.0. The van der Waals surface area contributed by atoms with Crippen LogP contribution in [0.2, 0.25) is 0 Å². The minimum atomic E-state index is -0.399. The van der Waals surface area contributed by atoms with Crippen molar-refractivity contribution in [3.8, 4) is 0 Å². The number of amides is 2. The Kier molecular flexibility index (Phi) is 7.29. The maximum Gasteiger partial charge on any atom is 0.227 e. The second kappa shape index (κ2) is 10.2. The van der Waals surface area contributed by atoms with Crippen molar-refractivity contribution in [2.24, 2.45) is 0 Å². The monoisotopic (exact) mass is 549 g/mol. The number of rotatable bonds is 5. The molecular formula is C23H26IN4O4-. The number of nitrogens with zero attached hydrogens (tertiary/aromatic N) is 3.